The van der Waals surface area contributed by atoms with E-state index in [1.807, 2.05) is 0 Å². The van der Waals surface area contributed by atoms with E-state index in [0.717, 1.165) is 6.07 Å². The van der Waals surface area contributed by atoms with Crippen LogP contribution in [0.1, 0.15) is 19.4 Å². The van der Waals surface area contributed by atoms with Crippen LogP contribution in [0, 0.1) is 11.6 Å². The molecule has 0 atom stereocenters. The highest BCUT2D eigenvalue weighted by atomic mass is 79.9. The van der Waals surface area contributed by atoms with Crippen LogP contribution >= 0.6 is 15.9 Å². The first-order valence-electron chi connectivity index (χ1n) is 3.92. The van der Waals surface area contributed by atoms with Crippen LogP contribution in [0.4, 0.5) is 8.78 Å². The fourth-order valence-electron chi connectivity index (χ4n) is 1.05. The summed E-state index contributed by atoms with van der Waals surface area (Å²) in [5.74, 6) is 3.67. The molecular weight excluding hydrogens is 256 g/mol. The largest absolute Gasteiger partial charge is 0.294 e. The van der Waals surface area contributed by atoms with Gasteiger partial charge in [0.05, 0.1) is 4.47 Å². The Morgan fingerprint density at radius 2 is 1.93 bits per heavy atom. The summed E-state index contributed by atoms with van der Waals surface area (Å²) in [5, 5.41) is 0. The summed E-state index contributed by atoms with van der Waals surface area (Å²) in [4.78, 5) is 4.62. The van der Waals surface area contributed by atoms with Crippen LogP contribution in [0.3, 0.4) is 0 Å². The Kier molecular flexibility index (Phi) is 3.24. The molecule has 0 unspecified atom stereocenters. The van der Waals surface area contributed by atoms with E-state index in [1.165, 1.54) is 6.07 Å². The quantitative estimate of drug-likeness (QED) is 0.659. The molecule has 0 spiro atoms. The monoisotopic (exact) mass is 265 g/mol. The molecule has 1 aromatic carbocycles. The zero-order valence-electron chi connectivity index (χ0n) is 7.77. The normalized spacial score (nSPS) is 11.9. The van der Waals surface area contributed by atoms with Crippen molar-refractivity contribution in [1.82, 2.24) is 0 Å². The third-order valence-electron chi connectivity index (χ3n) is 1.98. The summed E-state index contributed by atoms with van der Waals surface area (Å²) in [6.07, 6.45) is 0. The van der Waals surface area contributed by atoms with Crippen LogP contribution in [0.2, 0.25) is 0 Å². The smallest absolute Gasteiger partial charge is 0.146 e. The van der Waals surface area contributed by atoms with Crippen molar-refractivity contribution in [2.75, 3.05) is 0 Å². The average Bonchev–Trinajstić information content (AvgIpc) is 2.14. The van der Waals surface area contributed by atoms with Crippen LogP contribution in [-0.4, -0.2) is 0 Å². The van der Waals surface area contributed by atoms with Crippen molar-refractivity contribution in [1.29, 1.82) is 0 Å². The first kappa shape index (κ1) is 11.6. The van der Waals surface area contributed by atoms with E-state index in [-0.39, 0.29) is 10.0 Å². The SMILES string of the molecule is CC(C)(ON)c1ccc(F)c(Br)c1F. The van der Waals surface area contributed by atoms with E-state index >= 15 is 0 Å². The molecule has 0 bridgehead atoms. The molecule has 0 aliphatic heterocycles. The first-order valence-corrected chi connectivity index (χ1v) is 4.71. The van der Waals surface area contributed by atoms with Crippen molar-refractivity contribution >= 4 is 15.9 Å². The minimum atomic E-state index is -0.986. The highest BCUT2D eigenvalue weighted by molar-refractivity contribution is 9.10. The van der Waals surface area contributed by atoms with Gasteiger partial charge in [-0.05, 0) is 35.8 Å². The summed E-state index contributed by atoms with van der Waals surface area (Å²) in [7, 11) is 0. The molecule has 0 heterocycles. The molecule has 5 heteroatoms. The third kappa shape index (κ3) is 1.94. The molecule has 0 radical (unpaired) electrons. The molecule has 0 saturated heterocycles. The minimum absolute atomic E-state index is 0.202. The van der Waals surface area contributed by atoms with Crippen LogP contribution in [0.15, 0.2) is 16.6 Å². The molecule has 0 aromatic heterocycles. The molecule has 0 amide bonds. The van der Waals surface area contributed by atoms with Gasteiger partial charge < -0.3 is 0 Å². The molecule has 0 fully saturated rings. The summed E-state index contributed by atoms with van der Waals surface area (Å²) in [6, 6.07) is 2.46. The molecule has 2 N–H and O–H groups in total. The van der Waals surface area contributed by atoms with Gasteiger partial charge in [-0.2, -0.15) is 0 Å². The predicted octanol–water partition coefficient (Wildman–Crippen LogP) is 2.85. The maximum atomic E-state index is 13.5. The topological polar surface area (TPSA) is 35.2 Å². The first-order chi connectivity index (χ1) is 6.40. The molecule has 78 valence electrons. The summed E-state index contributed by atoms with van der Waals surface area (Å²) in [5.41, 5.74) is -0.784. The second-order valence-corrected chi connectivity index (χ2v) is 4.14. The second kappa shape index (κ2) is 3.92. The fraction of sp³-hybridized carbons (Fsp3) is 0.333. The number of nitrogens with two attached hydrogens (primary N) is 1. The zero-order chi connectivity index (χ0) is 10.9. The van der Waals surface area contributed by atoms with Gasteiger partial charge in [0.2, 0.25) is 0 Å². The van der Waals surface area contributed by atoms with Gasteiger partial charge in [0, 0.05) is 5.56 Å². The molecule has 0 aliphatic carbocycles. The highest BCUT2D eigenvalue weighted by Gasteiger charge is 2.26. The number of hydrogen-bond acceptors (Lipinski definition) is 2. The van der Waals surface area contributed by atoms with Crippen molar-refractivity contribution in [3.63, 3.8) is 0 Å². The van der Waals surface area contributed by atoms with E-state index < -0.39 is 17.2 Å². The van der Waals surface area contributed by atoms with Crippen molar-refractivity contribution < 1.29 is 13.6 Å². The lowest BCUT2D eigenvalue weighted by atomic mass is 9.98. The van der Waals surface area contributed by atoms with E-state index in [4.69, 9.17) is 5.90 Å². The van der Waals surface area contributed by atoms with Gasteiger partial charge in [0.15, 0.2) is 0 Å². The van der Waals surface area contributed by atoms with Crippen molar-refractivity contribution in [3.8, 4) is 0 Å². The van der Waals surface area contributed by atoms with Crippen molar-refractivity contribution in [3.05, 3.63) is 33.8 Å². The van der Waals surface area contributed by atoms with E-state index in [9.17, 15) is 8.78 Å². The van der Waals surface area contributed by atoms with Gasteiger partial charge in [0.25, 0.3) is 0 Å². The van der Waals surface area contributed by atoms with Gasteiger partial charge in [-0.1, -0.05) is 6.07 Å². The van der Waals surface area contributed by atoms with Gasteiger partial charge in [-0.3, -0.25) is 4.84 Å². The second-order valence-electron chi connectivity index (χ2n) is 3.35. The van der Waals surface area contributed by atoms with Crippen LogP contribution < -0.4 is 5.90 Å². The summed E-state index contributed by atoms with van der Waals surface area (Å²) >= 11 is 2.81. The van der Waals surface area contributed by atoms with Gasteiger partial charge >= 0.3 is 0 Å². The predicted molar refractivity (Wildman–Crippen MR) is 52.4 cm³/mol. The summed E-state index contributed by atoms with van der Waals surface area (Å²) < 4.78 is 26.2. The average molecular weight is 266 g/mol. The lowest BCUT2D eigenvalue weighted by Crippen LogP contribution is -2.26. The highest BCUT2D eigenvalue weighted by Crippen LogP contribution is 2.30. The molecule has 0 aliphatic rings. The number of benzene rings is 1. The standard InChI is InChI=1S/C9H10BrF2NO/c1-9(2,14-13)5-3-4-6(11)7(10)8(5)12/h3-4H,13H2,1-2H3. The Morgan fingerprint density at radius 1 is 1.36 bits per heavy atom. The van der Waals surface area contributed by atoms with Gasteiger partial charge in [-0.25, -0.2) is 14.7 Å². The van der Waals surface area contributed by atoms with Crippen LogP contribution in [0.25, 0.3) is 0 Å². The Hall–Kier alpha value is -0.520. The lowest BCUT2D eigenvalue weighted by Gasteiger charge is -2.23. The Morgan fingerprint density at radius 3 is 2.43 bits per heavy atom. The molecular formula is C9H10BrF2NO. The number of rotatable bonds is 2. The maximum Gasteiger partial charge on any atom is 0.146 e. The van der Waals surface area contributed by atoms with Gasteiger partial charge in [0.1, 0.15) is 17.2 Å². The van der Waals surface area contributed by atoms with E-state index in [1.54, 1.807) is 13.8 Å². The molecule has 0 saturated carbocycles. The molecule has 1 rings (SSSR count). The molecule has 2 nitrogen and oxygen atoms in total. The Balaban J connectivity index is 3.31. The van der Waals surface area contributed by atoms with Crippen molar-refractivity contribution in [2.45, 2.75) is 19.4 Å². The lowest BCUT2D eigenvalue weighted by molar-refractivity contribution is -0.0262. The van der Waals surface area contributed by atoms with Crippen LogP contribution in [-0.2, 0) is 10.4 Å². The molecule has 14 heavy (non-hydrogen) atoms. The Bertz CT molecular complexity index is 355. The molecule has 1 aromatic rings. The number of halogens is 3. The van der Waals surface area contributed by atoms with Crippen molar-refractivity contribution in [2.24, 2.45) is 5.90 Å². The Labute approximate surface area is 89.1 Å². The zero-order valence-corrected chi connectivity index (χ0v) is 9.36. The third-order valence-corrected chi connectivity index (χ3v) is 2.71. The minimum Gasteiger partial charge on any atom is -0.294 e. The summed E-state index contributed by atoms with van der Waals surface area (Å²) in [6.45, 7) is 3.19. The van der Waals surface area contributed by atoms with Crippen LogP contribution in [0.5, 0.6) is 0 Å². The van der Waals surface area contributed by atoms with E-state index in [2.05, 4.69) is 20.8 Å². The van der Waals surface area contributed by atoms with E-state index in [0.29, 0.717) is 0 Å². The number of hydrogen-bond donors (Lipinski definition) is 1. The van der Waals surface area contributed by atoms with Gasteiger partial charge in [-0.15, -0.1) is 0 Å². The maximum absolute atomic E-state index is 13.5. The fourth-order valence-corrected chi connectivity index (χ4v) is 1.40.